The highest BCUT2D eigenvalue weighted by molar-refractivity contribution is 5.93. The molecule has 354 valence electrons. The molecule has 16 heteroatoms. The molecule has 6 aromatic rings. The molecule has 2 saturated heterocycles. The number of nitrogens with one attached hydrogen (secondary N) is 4. The van der Waals surface area contributed by atoms with Gasteiger partial charge in [0.1, 0.15) is 29.5 Å². The molecule has 4 N–H and O–H groups in total. The van der Waals surface area contributed by atoms with Crippen molar-refractivity contribution in [3.63, 3.8) is 0 Å². The van der Waals surface area contributed by atoms with Crippen molar-refractivity contribution in [1.29, 1.82) is 0 Å². The van der Waals surface area contributed by atoms with Gasteiger partial charge in [0.25, 0.3) is 0 Å². The number of methoxy groups -OCH3 is 2. The minimum absolute atomic E-state index is 0.128. The molecule has 0 bridgehead atoms. The first-order chi connectivity index (χ1) is 32.9. The number of carbonyl (C=O) groups excluding carboxylic acids is 4. The van der Waals surface area contributed by atoms with Gasteiger partial charge in [-0.15, -0.1) is 0 Å². The molecule has 1 aliphatic carbocycles. The van der Waals surface area contributed by atoms with Gasteiger partial charge < -0.3 is 49.2 Å². The van der Waals surface area contributed by atoms with Gasteiger partial charge in [-0.25, -0.2) is 19.6 Å². The largest absolute Gasteiger partial charge is 0.465 e. The molecular formula is C52H59N9O7. The van der Waals surface area contributed by atoms with Crippen molar-refractivity contribution in [3.8, 4) is 39.5 Å². The van der Waals surface area contributed by atoms with Gasteiger partial charge in [-0.2, -0.15) is 0 Å². The Kier molecular flexibility index (Phi) is 12.0. The topological polar surface area (TPSA) is 189 Å². The van der Waals surface area contributed by atoms with E-state index in [-0.39, 0.29) is 35.7 Å². The number of hydrogen-bond donors (Lipinski definition) is 4. The molecule has 0 radical (unpaired) electrons. The standard InChI is InChI=1S/C52H59N9O7/c1-28(2)44(57-51(64)66-5)48(62)59-20-8-12-40(59)46-53-26-37(55-46)32-17-19-39-35(23-32)24-42-36-18-16-33(25-43(36)68-50(61(39)42)34-11-7-10-31(22-34)30-14-15-30)38-27-54-47(56-38)41-13-9-21-60(41)49(63)45(29(3)4)58-52(65)67-6/h7,10-11,16-19,22-30,40-41,44-45,50H,8-9,12-15,20-21H2,1-6H3,(H,53,55)(H,54,56)(H,57,64)(H,58,65)/t40-,41-,44-,45-,50?/m0/s1. The molecule has 68 heavy (non-hydrogen) atoms. The summed E-state index contributed by atoms with van der Waals surface area (Å²) < 4.78 is 19.0. The molecule has 16 nitrogen and oxygen atoms in total. The van der Waals surface area contributed by atoms with E-state index >= 15 is 0 Å². The van der Waals surface area contributed by atoms with Crippen LogP contribution in [0.4, 0.5) is 9.59 Å². The van der Waals surface area contributed by atoms with Crippen LogP contribution in [-0.4, -0.2) is 97.7 Å². The SMILES string of the molecule is COC(=O)N[C@H](C(=O)N1CCC[C@H]1c1ncc(-c2ccc3c(c2)OC(c2cccc(C4CC4)c2)n2c-3cc3cc(-c4cnc([C@@H]5CCCN5C(=O)[C@@H](NC(=O)OC)C(C)C)[nH]4)ccc32)[nH]1)C(C)C. The summed E-state index contributed by atoms with van der Waals surface area (Å²) in [4.78, 5) is 72.3. The van der Waals surface area contributed by atoms with E-state index < -0.39 is 30.5 Å². The number of ether oxygens (including phenoxy) is 3. The van der Waals surface area contributed by atoms with Crippen LogP contribution in [-0.2, 0) is 19.1 Å². The van der Waals surface area contributed by atoms with Crippen LogP contribution in [0, 0.1) is 11.8 Å². The molecule has 1 unspecified atom stereocenters. The number of imidazole rings is 2. The van der Waals surface area contributed by atoms with Crippen molar-refractivity contribution in [2.24, 2.45) is 11.8 Å². The van der Waals surface area contributed by atoms with Crippen molar-refractivity contribution < 1.29 is 33.4 Å². The summed E-state index contributed by atoms with van der Waals surface area (Å²) in [5, 5.41) is 6.50. The molecule has 4 aliphatic rings. The number of benzene rings is 3. The third kappa shape index (κ3) is 8.34. The number of aromatic amines is 2. The number of fused-ring (bicyclic) bond motifs is 5. The second-order valence-corrected chi connectivity index (χ2v) is 19.3. The maximum absolute atomic E-state index is 13.8. The van der Waals surface area contributed by atoms with Gasteiger partial charge >= 0.3 is 12.2 Å². The maximum atomic E-state index is 13.8. The molecule has 5 atom stereocenters. The minimum atomic E-state index is -0.719. The quantitative estimate of drug-likeness (QED) is 0.0929. The second-order valence-electron chi connectivity index (χ2n) is 19.3. The first-order valence-corrected chi connectivity index (χ1v) is 23.9. The number of amides is 4. The van der Waals surface area contributed by atoms with E-state index in [4.69, 9.17) is 24.2 Å². The molecule has 10 rings (SSSR count). The van der Waals surface area contributed by atoms with E-state index in [9.17, 15) is 19.2 Å². The van der Waals surface area contributed by atoms with Crippen LogP contribution in [0.5, 0.6) is 5.75 Å². The van der Waals surface area contributed by atoms with Crippen molar-refractivity contribution in [3.05, 3.63) is 102 Å². The molecule has 6 heterocycles. The normalized spacial score (nSPS) is 19.7. The lowest BCUT2D eigenvalue weighted by Gasteiger charge is -2.31. The van der Waals surface area contributed by atoms with Crippen molar-refractivity contribution in [2.45, 2.75) is 103 Å². The van der Waals surface area contributed by atoms with E-state index in [1.807, 2.05) is 49.9 Å². The zero-order valence-corrected chi connectivity index (χ0v) is 39.4. The monoisotopic (exact) mass is 921 g/mol. The van der Waals surface area contributed by atoms with Crippen LogP contribution in [0.3, 0.4) is 0 Å². The van der Waals surface area contributed by atoms with Crippen molar-refractivity contribution in [1.82, 2.24) is 44.9 Å². The summed E-state index contributed by atoms with van der Waals surface area (Å²) in [7, 11) is 2.59. The molecular weight excluding hydrogens is 863 g/mol. The Bertz CT molecular complexity index is 2890. The number of nitrogens with zero attached hydrogens (tertiary/aromatic N) is 5. The van der Waals surface area contributed by atoms with Crippen LogP contribution in [0.15, 0.2) is 79.1 Å². The first kappa shape index (κ1) is 44.7. The Morgan fingerprint density at radius 2 is 1.25 bits per heavy atom. The van der Waals surface area contributed by atoms with Crippen LogP contribution in [0.2, 0.25) is 0 Å². The molecule has 0 spiro atoms. The van der Waals surface area contributed by atoms with Gasteiger partial charge in [-0.05, 0) is 98.2 Å². The van der Waals surface area contributed by atoms with Crippen LogP contribution in [0.1, 0.15) is 113 Å². The molecule has 3 aromatic heterocycles. The summed E-state index contributed by atoms with van der Waals surface area (Å²) in [5.74, 6) is 2.16. The van der Waals surface area contributed by atoms with Gasteiger partial charge in [0.15, 0.2) is 0 Å². The van der Waals surface area contributed by atoms with Gasteiger partial charge in [-0.3, -0.25) is 9.59 Å². The highest BCUT2D eigenvalue weighted by atomic mass is 16.5. The molecule has 3 aliphatic heterocycles. The average molecular weight is 922 g/mol. The zero-order valence-electron chi connectivity index (χ0n) is 39.4. The van der Waals surface area contributed by atoms with Gasteiger partial charge in [-0.1, -0.05) is 58.0 Å². The number of likely N-dealkylation sites (tertiary alicyclic amines) is 2. The predicted octanol–water partition coefficient (Wildman–Crippen LogP) is 8.99. The highest BCUT2D eigenvalue weighted by Crippen LogP contribution is 2.48. The van der Waals surface area contributed by atoms with E-state index in [0.717, 1.165) is 81.7 Å². The fourth-order valence-corrected chi connectivity index (χ4v) is 10.3. The smallest absolute Gasteiger partial charge is 0.407 e. The van der Waals surface area contributed by atoms with Crippen molar-refractivity contribution >= 4 is 34.9 Å². The fourth-order valence-electron chi connectivity index (χ4n) is 10.3. The number of carbonyl (C=O) groups is 4. The van der Waals surface area contributed by atoms with E-state index in [0.29, 0.717) is 30.7 Å². The highest BCUT2D eigenvalue weighted by Gasteiger charge is 2.40. The summed E-state index contributed by atoms with van der Waals surface area (Å²) in [6, 6.07) is 21.7. The number of rotatable bonds is 12. The van der Waals surface area contributed by atoms with E-state index in [2.05, 4.69) is 91.9 Å². The lowest BCUT2D eigenvalue weighted by atomic mass is 10.0. The molecule has 4 amide bonds. The summed E-state index contributed by atoms with van der Waals surface area (Å²) in [6.07, 6.45) is 7.49. The Morgan fingerprint density at radius 1 is 0.691 bits per heavy atom. The Hall–Kier alpha value is -7.10. The third-order valence-electron chi connectivity index (χ3n) is 14.1. The lowest BCUT2D eigenvalue weighted by Crippen LogP contribution is -2.51. The predicted molar refractivity (Wildman–Crippen MR) is 255 cm³/mol. The first-order valence-electron chi connectivity index (χ1n) is 23.9. The molecule has 3 aromatic carbocycles. The molecule has 1 saturated carbocycles. The third-order valence-corrected chi connectivity index (χ3v) is 14.1. The number of aromatic nitrogens is 5. The van der Waals surface area contributed by atoms with Gasteiger partial charge in [0, 0.05) is 40.7 Å². The average Bonchev–Trinajstić information content (AvgIpc) is 3.93. The van der Waals surface area contributed by atoms with Crippen molar-refractivity contribution in [2.75, 3.05) is 27.3 Å². The Morgan fingerprint density at radius 3 is 1.81 bits per heavy atom. The summed E-state index contributed by atoms with van der Waals surface area (Å²) >= 11 is 0. The van der Waals surface area contributed by atoms with Gasteiger partial charge in [0.05, 0.1) is 61.3 Å². The summed E-state index contributed by atoms with van der Waals surface area (Å²) in [5.41, 5.74) is 8.93. The van der Waals surface area contributed by atoms with E-state index in [1.54, 1.807) is 0 Å². The van der Waals surface area contributed by atoms with E-state index in [1.165, 1.54) is 32.6 Å². The Balaban J connectivity index is 0.957. The molecule has 3 fully saturated rings. The fraction of sp³-hybridized carbons (Fsp3) is 0.423. The van der Waals surface area contributed by atoms with Gasteiger partial charge in [0.2, 0.25) is 18.0 Å². The van der Waals surface area contributed by atoms with Crippen LogP contribution >= 0.6 is 0 Å². The Labute approximate surface area is 395 Å². The number of hydrogen-bond acceptors (Lipinski definition) is 9. The minimum Gasteiger partial charge on any atom is -0.465 e. The zero-order chi connectivity index (χ0) is 47.4. The van der Waals surface area contributed by atoms with Crippen LogP contribution in [0.25, 0.3) is 44.7 Å². The second kappa shape index (κ2) is 18.2. The number of alkyl carbamates (subject to hydrolysis) is 2. The lowest BCUT2D eigenvalue weighted by molar-refractivity contribution is -0.136. The maximum Gasteiger partial charge on any atom is 0.407 e. The number of H-pyrrole nitrogens is 2. The van der Waals surface area contributed by atoms with Crippen LogP contribution < -0.4 is 15.4 Å². The summed E-state index contributed by atoms with van der Waals surface area (Å²) in [6.45, 7) is 8.77.